The van der Waals surface area contributed by atoms with Crippen LogP contribution >= 0.6 is 0 Å². The Labute approximate surface area is 122 Å². The number of rotatable bonds is 3. The van der Waals surface area contributed by atoms with Gasteiger partial charge in [0.2, 0.25) is 6.79 Å². The van der Waals surface area contributed by atoms with Crippen LogP contribution in [0.25, 0.3) is 0 Å². The van der Waals surface area contributed by atoms with Crippen LogP contribution in [0, 0.1) is 0 Å². The van der Waals surface area contributed by atoms with Crippen LogP contribution < -0.4 is 20.1 Å². The molecule has 2 aliphatic heterocycles. The molecular weight excluding hydrogens is 296 g/mol. The average Bonchev–Trinajstić information content (AvgIpc) is 3.02. The van der Waals surface area contributed by atoms with Gasteiger partial charge in [0.05, 0.1) is 11.5 Å². The Morgan fingerprint density at radius 1 is 1.29 bits per heavy atom. The molecule has 21 heavy (non-hydrogen) atoms. The highest BCUT2D eigenvalue weighted by Crippen LogP contribution is 2.32. The molecule has 1 fully saturated rings. The number of urea groups is 1. The number of carbonyl (C=O) groups is 1. The second-order valence-electron chi connectivity index (χ2n) is 5.11. The van der Waals surface area contributed by atoms with Gasteiger partial charge in [0.25, 0.3) is 0 Å². The molecule has 7 nitrogen and oxygen atoms in total. The first-order valence-corrected chi connectivity index (χ1v) is 8.47. The van der Waals surface area contributed by atoms with E-state index in [1.165, 1.54) is 0 Å². The highest BCUT2D eigenvalue weighted by atomic mass is 32.2. The minimum Gasteiger partial charge on any atom is -0.454 e. The van der Waals surface area contributed by atoms with Crippen molar-refractivity contribution in [2.45, 2.75) is 19.0 Å². The molecule has 1 aromatic rings. The van der Waals surface area contributed by atoms with Crippen LogP contribution in [0.4, 0.5) is 4.79 Å². The van der Waals surface area contributed by atoms with Gasteiger partial charge < -0.3 is 20.1 Å². The summed E-state index contributed by atoms with van der Waals surface area (Å²) < 4.78 is 33.1. The number of hydrogen-bond acceptors (Lipinski definition) is 5. The maximum atomic E-state index is 11.7. The lowest BCUT2D eigenvalue weighted by Gasteiger charge is -2.12. The number of nitrogens with one attached hydrogen (secondary N) is 2. The summed E-state index contributed by atoms with van der Waals surface area (Å²) in [6, 6.07) is 4.78. The monoisotopic (exact) mass is 312 g/mol. The average molecular weight is 312 g/mol. The predicted octanol–water partition coefficient (Wildman–Crippen LogP) is 0.402. The molecule has 0 unspecified atom stereocenters. The molecule has 0 aliphatic carbocycles. The van der Waals surface area contributed by atoms with E-state index in [0.29, 0.717) is 24.5 Å². The van der Waals surface area contributed by atoms with Crippen molar-refractivity contribution < 1.29 is 22.7 Å². The van der Waals surface area contributed by atoms with Gasteiger partial charge in [-0.05, 0) is 24.1 Å². The molecule has 1 saturated heterocycles. The number of sulfone groups is 1. The van der Waals surface area contributed by atoms with Crippen LogP contribution in [0.1, 0.15) is 12.0 Å². The fourth-order valence-corrected chi connectivity index (χ4v) is 4.05. The first-order valence-electron chi connectivity index (χ1n) is 6.65. The summed E-state index contributed by atoms with van der Waals surface area (Å²) in [5, 5.41) is 5.38. The van der Waals surface area contributed by atoms with Crippen molar-refractivity contribution in [3.63, 3.8) is 0 Å². The fourth-order valence-electron chi connectivity index (χ4n) is 2.38. The molecule has 0 aromatic heterocycles. The van der Waals surface area contributed by atoms with E-state index in [1.54, 1.807) is 6.07 Å². The van der Waals surface area contributed by atoms with E-state index in [9.17, 15) is 13.2 Å². The molecule has 0 bridgehead atoms. The van der Waals surface area contributed by atoms with E-state index in [2.05, 4.69) is 10.6 Å². The third-order valence-electron chi connectivity index (χ3n) is 3.46. The normalized spacial score (nSPS) is 22.0. The van der Waals surface area contributed by atoms with Gasteiger partial charge in [0, 0.05) is 12.6 Å². The quantitative estimate of drug-likeness (QED) is 0.843. The second-order valence-corrected chi connectivity index (χ2v) is 7.34. The van der Waals surface area contributed by atoms with Crippen molar-refractivity contribution in [3.8, 4) is 11.5 Å². The van der Waals surface area contributed by atoms with Crippen molar-refractivity contribution in [1.82, 2.24) is 10.6 Å². The van der Waals surface area contributed by atoms with Gasteiger partial charge in [-0.3, -0.25) is 0 Å². The first-order chi connectivity index (χ1) is 10.0. The summed E-state index contributed by atoms with van der Waals surface area (Å²) in [6.07, 6.45) is 0.472. The maximum absolute atomic E-state index is 11.7. The maximum Gasteiger partial charge on any atom is 0.315 e. The van der Waals surface area contributed by atoms with E-state index in [1.807, 2.05) is 12.1 Å². The summed E-state index contributed by atoms with van der Waals surface area (Å²) in [5.74, 6) is 1.51. The molecule has 2 N–H and O–H groups in total. The van der Waals surface area contributed by atoms with Crippen LogP contribution in [-0.4, -0.2) is 38.8 Å². The molecule has 0 saturated carbocycles. The number of amides is 2. The number of carbonyl (C=O) groups excluding carboxylic acids is 1. The minimum absolute atomic E-state index is 0.0183. The van der Waals surface area contributed by atoms with Gasteiger partial charge in [-0.1, -0.05) is 6.07 Å². The Morgan fingerprint density at radius 2 is 2.10 bits per heavy atom. The molecule has 114 valence electrons. The van der Waals surface area contributed by atoms with Crippen LogP contribution in [0.3, 0.4) is 0 Å². The largest absolute Gasteiger partial charge is 0.454 e. The van der Waals surface area contributed by atoms with Gasteiger partial charge in [0.15, 0.2) is 21.3 Å². The molecule has 0 spiro atoms. The van der Waals surface area contributed by atoms with Crippen LogP contribution in [0.15, 0.2) is 18.2 Å². The summed E-state index contributed by atoms with van der Waals surface area (Å²) >= 11 is 0. The SMILES string of the molecule is O=C(NCc1ccc2c(c1)OCO2)N[C@H]1CCS(=O)(=O)C1. The van der Waals surface area contributed by atoms with Crippen molar-refractivity contribution >= 4 is 15.9 Å². The molecular formula is C13H16N2O5S. The first kappa shape index (κ1) is 14.0. The number of hydrogen-bond donors (Lipinski definition) is 2. The van der Waals surface area contributed by atoms with Crippen molar-refractivity contribution in [1.29, 1.82) is 0 Å². The standard InChI is InChI=1S/C13H16N2O5S/c16-13(15-10-3-4-21(17,18)7-10)14-6-9-1-2-11-12(5-9)20-8-19-11/h1-2,5,10H,3-4,6-8H2,(H2,14,15,16)/t10-/m0/s1. The Bertz CT molecular complexity index is 659. The smallest absolute Gasteiger partial charge is 0.315 e. The summed E-state index contributed by atoms with van der Waals surface area (Å²) in [4.78, 5) is 11.7. The molecule has 8 heteroatoms. The number of benzene rings is 1. The van der Waals surface area contributed by atoms with Gasteiger partial charge in [0.1, 0.15) is 0 Å². The molecule has 3 rings (SSSR count). The molecule has 1 atom stereocenters. The second kappa shape index (κ2) is 5.44. The highest BCUT2D eigenvalue weighted by molar-refractivity contribution is 7.91. The van der Waals surface area contributed by atoms with E-state index < -0.39 is 9.84 Å². The van der Waals surface area contributed by atoms with E-state index in [-0.39, 0.29) is 30.4 Å². The highest BCUT2D eigenvalue weighted by Gasteiger charge is 2.28. The molecule has 2 heterocycles. The Morgan fingerprint density at radius 3 is 2.86 bits per heavy atom. The zero-order valence-corrected chi connectivity index (χ0v) is 12.1. The Hall–Kier alpha value is -1.96. The summed E-state index contributed by atoms with van der Waals surface area (Å²) in [7, 11) is -2.99. The molecule has 2 aliphatic rings. The summed E-state index contributed by atoms with van der Waals surface area (Å²) in [6.45, 7) is 0.546. The number of ether oxygens (including phenoxy) is 2. The Kier molecular flexibility index (Phi) is 3.62. The van der Waals surface area contributed by atoms with Crippen LogP contribution in [-0.2, 0) is 16.4 Å². The number of fused-ring (bicyclic) bond motifs is 1. The third kappa shape index (κ3) is 3.38. The topological polar surface area (TPSA) is 93.7 Å². The molecule has 2 amide bonds. The lowest BCUT2D eigenvalue weighted by atomic mass is 10.2. The van der Waals surface area contributed by atoms with Gasteiger partial charge in [-0.2, -0.15) is 0 Å². The third-order valence-corrected chi connectivity index (χ3v) is 5.23. The van der Waals surface area contributed by atoms with Gasteiger partial charge in [-0.15, -0.1) is 0 Å². The van der Waals surface area contributed by atoms with Crippen molar-refractivity contribution in [3.05, 3.63) is 23.8 Å². The predicted molar refractivity (Wildman–Crippen MR) is 75.0 cm³/mol. The molecule has 1 aromatic carbocycles. The van der Waals surface area contributed by atoms with E-state index in [4.69, 9.17) is 9.47 Å². The zero-order chi connectivity index (χ0) is 14.9. The molecule has 0 radical (unpaired) electrons. The van der Waals surface area contributed by atoms with Crippen LogP contribution in [0.2, 0.25) is 0 Å². The van der Waals surface area contributed by atoms with Gasteiger partial charge >= 0.3 is 6.03 Å². The zero-order valence-electron chi connectivity index (χ0n) is 11.3. The van der Waals surface area contributed by atoms with Crippen molar-refractivity contribution in [2.75, 3.05) is 18.3 Å². The van der Waals surface area contributed by atoms with Crippen LogP contribution in [0.5, 0.6) is 11.5 Å². The van der Waals surface area contributed by atoms with E-state index in [0.717, 1.165) is 5.56 Å². The minimum atomic E-state index is -2.99. The van der Waals surface area contributed by atoms with E-state index >= 15 is 0 Å². The Balaban J connectivity index is 1.50. The lowest BCUT2D eigenvalue weighted by Crippen LogP contribution is -2.42. The summed E-state index contributed by atoms with van der Waals surface area (Å²) in [5.41, 5.74) is 0.883. The fraction of sp³-hybridized carbons (Fsp3) is 0.462. The van der Waals surface area contributed by atoms with Crippen molar-refractivity contribution in [2.24, 2.45) is 0 Å². The lowest BCUT2D eigenvalue weighted by molar-refractivity contribution is 0.174. The van der Waals surface area contributed by atoms with Gasteiger partial charge in [-0.25, -0.2) is 13.2 Å².